The number of benzene rings is 1. The van der Waals surface area contributed by atoms with E-state index in [9.17, 15) is 9.18 Å². The van der Waals surface area contributed by atoms with Crippen molar-refractivity contribution in [3.05, 3.63) is 23.5 Å². The van der Waals surface area contributed by atoms with Gasteiger partial charge in [0.25, 0.3) is 0 Å². The molecule has 0 radical (unpaired) electrons. The second-order valence-corrected chi connectivity index (χ2v) is 4.73. The van der Waals surface area contributed by atoms with Crippen LogP contribution < -0.4 is 11.1 Å². The largest absolute Gasteiger partial charge is 0.478 e. The minimum atomic E-state index is -1.22. The molecule has 1 aromatic carbocycles. The summed E-state index contributed by atoms with van der Waals surface area (Å²) in [6.07, 6.45) is 3.06. The zero-order chi connectivity index (χ0) is 12.6. The molecule has 4 nitrogen and oxygen atoms in total. The third kappa shape index (κ3) is 2.05. The van der Waals surface area contributed by atoms with Gasteiger partial charge in [-0.3, -0.25) is 0 Å². The number of hydrogen-bond acceptors (Lipinski definition) is 3. The summed E-state index contributed by atoms with van der Waals surface area (Å²) in [6, 6.07) is 2.62. The second-order valence-electron chi connectivity index (χ2n) is 4.73. The van der Waals surface area contributed by atoms with E-state index < -0.39 is 11.8 Å². The fourth-order valence-corrected chi connectivity index (χ4v) is 2.09. The average molecular weight is 238 g/mol. The molecule has 0 spiro atoms. The van der Waals surface area contributed by atoms with E-state index in [-0.39, 0.29) is 16.8 Å². The number of carboxylic acid groups (broad SMARTS) is 1. The lowest BCUT2D eigenvalue weighted by molar-refractivity contribution is 0.0698. The number of hydrogen-bond donors (Lipinski definition) is 3. The Morgan fingerprint density at radius 2 is 2.18 bits per heavy atom. The number of carbonyl (C=O) groups is 1. The fraction of sp³-hybridized carbons (Fsp3) is 0.417. The van der Waals surface area contributed by atoms with Gasteiger partial charge in [0.1, 0.15) is 11.4 Å². The summed E-state index contributed by atoms with van der Waals surface area (Å²) in [5.41, 5.74) is 5.25. The monoisotopic (exact) mass is 238 g/mol. The molecule has 4 N–H and O–H groups in total. The molecule has 92 valence electrons. The van der Waals surface area contributed by atoms with Crippen LogP contribution in [0.15, 0.2) is 12.1 Å². The van der Waals surface area contributed by atoms with E-state index >= 15 is 0 Å². The Morgan fingerprint density at radius 3 is 2.65 bits per heavy atom. The Morgan fingerprint density at radius 1 is 1.53 bits per heavy atom. The summed E-state index contributed by atoms with van der Waals surface area (Å²) < 4.78 is 13.2. The Labute approximate surface area is 98.6 Å². The van der Waals surface area contributed by atoms with Crippen molar-refractivity contribution in [1.82, 2.24) is 0 Å². The molecule has 1 aliphatic rings. The van der Waals surface area contributed by atoms with Crippen LogP contribution >= 0.6 is 0 Å². The standard InChI is InChI=1S/C12H15FN2O2/c1-12(5-2-6-12)15-8-4-3-7(13)10(14)9(8)11(16)17/h3-4,15H,2,5-6,14H2,1H3,(H,16,17). The van der Waals surface area contributed by atoms with Gasteiger partial charge in [-0.15, -0.1) is 0 Å². The van der Waals surface area contributed by atoms with E-state index in [0.717, 1.165) is 19.3 Å². The summed E-state index contributed by atoms with van der Waals surface area (Å²) in [5.74, 6) is -1.92. The van der Waals surface area contributed by atoms with Crippen molar-refractivity contribution in [3.63, 3.8) is 0 Å². The van der Waals surface area contributed by atoms with Gasteiger partial charge >= 0.3 is 5.97 Å². The van der Waals surface area contributed by atoms with Gasteiger partial charge in [0.2, 0.25) is 0 Å². The summed E-state index contributed by atoms with van der Waals surface area (Å²) >= 11 is 0. The van der Waals surface area contributed by atoms with Crippen LogP contribution in [0, 0.1) is 5.82 Å². The number of nitrogens with two attached hydrogens (primary N) is 1. The molecular formula is C12H15FN2O2. The highest BCUT2D eigenvalue weighted by atomic mass is 19.1. The van der Waals surface area contributed by atoms with Gasteiger partial charge in [-0.1, -0.05) is 0 Å². The van der Waals surface area contributed by atoms with Gasteiger partial charge in [-0.25, -0.2) is 9.18 Å². The van der Waals surface area contributed by atoms with Crippen molar-refractivity contribution >= 4 is 17.3 Å². The lowest BCUT2D eigenvalue weighted by Gasteiger charge is -2.40. The Balaban J connectivity index is 2.39. The fourth-order valence-electron chi connectivity index (χ4n) is 2.09. The number of nitrogens with one attached hydrogen (secondary N) is 1. The third-order valence-corrected chi connectivity index (χ3v) is 3.30. The van der Waals surface area contributed by atoms with E-state index in [1.165, 1.54) is 12.1 Å². The molecule has 5 heteroatoms. The zero-order valence-electron chi connectivity index (χ0n) is 9.59. The Kier molecular flexibility index (Phi) is 2.69. The first-order valence-corrected chi connectivity index (χ1v) is 5.52. The molecule has 0 heterocycles. The van der Waals surface area contributed by atoms with Crippen LogP contribution in [0.5, 0.6) is 0 Å². The summed E-state index contributed by atoms with van der Waals surface area (Å²) in [5, 5.41) is 12.2. The molecule has 1 saturated carbocycles. The maximum atomic E-state index is 13.2. The summed E-state index contributed by atoms with van der Waals surface area (Å²) in [6.45, 7) is 2.02. The molecular weight excluding hydrogens is 223 g/mol. The predicted octanol–water partition coefficient (Wildman–Crippen LogP) is 2.46. The van der Waals surface area contributed by atoms with Crippen LogP contribution in [0.4, 0.5) is 15.8 Å². The number of halogens is 1. The first-order chi connectivity index (χ1) is 7.93. The third-order valence-electron chi connectivity index (χ3n) is 3.30. The van der Waals surface area contributed by atoms with Crippen molar-refractivity contribution in [2.75, 3.05) is 11.1 Å². The Bertz CT molecular complexity index is 470. The number of nitrogen functional groups attached to an aromatic ring is 1. The second kappa shape index (κ2) is 3.91. The van der Waals surface area contributed by atoms with Crippen LogP contribution in [-0.4, -0.2) is 16.6 Å². The minimum Gasteiger partial charge on any atom is -0.478 e. The maximum Gasteiger partial charge on any atom is 0.340 e. The summed E-state index contributed by atoms with van der Waals surface area (Å²) in [4.78, 5) is 11.1. The molecule has 0 bridgehead atoms. The molecule has 0 unspecified atom stereocenters. The topological polar surface area (TPSA) is 75.3 Å². The molecule has 0 aromatic heterocycles. The van der Waals surface area contributed by atoms with Gasteiger partial charge in [-0.2, -0.15) is 0 Å². The first-order valence-electron chi connectivity index (χ1n) is 5.52. The van der Waals surface area contributed by atoms with Crippen molar-refractivity contribution < 1.29 is 14.3 Å². The number of aromatic carboxylic acids is 1. The van der Waals surface area contributed by atoms with E-state index in [0.29, 0.717) is 5.69 Å². The van der Waals surface area contributed by atoms with E-state index in [1.54, 1.807) is 0 Å². The van der Waals surface area contributed by atoms with Crippen molar-refractivity contribution in [3.8, 4) is 0 Å². The molecule has 0 amide bonds. The van der Waals surface area contributed by atoms with E-state index in [4.69, 9.17) is 10.8 Å². The predicted molar refractivity (Wildman–Crippen MR) is 63.7 cm³/mol. The first kappa shape index (κ1) is 11.7. The normalized spacial score (nSPS) is 17.3. The smallest absolute Gasteiger partial charge is 0.340 e. The van der Waals surface area contributed by atoms with Crippen molar-refractivity contribution in [2.24, 2.45) is 0 Å². The van der Waals surface area contributed by atoms with Gasteiger partial charge in [-0.05, 0) is 38.3 Å². The van der Waals surface area contributed by atoms with Crippen LogP contribution in [0.2, 0.25) is 0 Å². The molecule has 2 rings (SSSR count). The quantitative estimate of drug-likeness (QED) is 0.707. The van der Waals surface area contributed by atoms with Gasteiger partial charge in [0.15, 0.2) is 0 Å². The van der Waals surface area contributed by atoms with Crippen LogP contribution in [0.1, 0.15) is 36.5 Å². The molecule has 0 saturated heterocycles. The molecule has 1 fully saturated rings. The van der Waals surface area contributed by atoms with Crippen molar-refractivity contribution in [1.29, 1.82) is 0 Å². The average Bonchev–Trinajstić information content (AvgIpc) is 2.21. The van der Waals surface area contributed by atoms with Gasteiger partial charge in [0, 0.05) is 5.54 Å². The van der Waals surface area contributed by atoms with Gasteiger partial charge < -0.3 is 16.2 Å². The van der Waals surface area contributed by atoms with Crippen LogP contribution in [0.3, 0.4) is 0 Å². The lowest BCUT2D eigenvalue weighted by Crippen LogP contribution is -2.42. The highest BCUT2D eigenvalue weighted by Gasteiger charge is 2.33. The number of carboxylic acids is 1. The summed E-state index contributed by atoms with van der Waals surface area (Å²) in [7, 11) is 0. The zero-order valence-corrected chi connectivity index (χ0v) is 9.59. The van der Waals surface area contributed by atoms with Crippen LogP contribution in [0.25, 0.3) is 0 Å². The minimum absolute atomic E-state index is 0.103. The van der Waals surface area contributed by atoms with E-state index in [1.807, 2.05) is 6.92 Å². The highest BCUT2D eigenvalue weighted by molar-refractivity contribution is 6.00. The lowest BCUT2D eigenvalue weighted by atomic mass is 9.78. The van der Waals surface area contributed by atoms with Crippen molar-refractivity contribution in [2.45, 2.75) is 31.7 Å². The molecule has 1 aliphatic carbocycles. The van der Waals surface area contributed by atoms with Crippen LogP contribution in [-0.2, 0) is 0 Å². The van der Waals surface area contributed by atoms with E-state index in [2.05, 4.69) is 5.32 Å². The molecule has 1 aromatic rings. The molecule has 0 atom stereocenters. The molecule has 17 heavy (non-hydrogen) atoms. The number of anilines is 2. The Hall–Kier alpha value is -1.78. The maximum absolute atomic E-state index is 13.2. The number of rotatable bonds is 3. The SMILES string of the molecule is CC1(Nc2ccc(F)c(N)c2C(=O)O)CCC1. The highest BCUT2D eigenvalue weighted by Crippen LogP contribution is 2.36. The van der Waals surface area contributed by atoms with Gasteiger partial charge in [0.05, 0.1) is 11.4 Å². The molecule has 0 aliphatic heterocycles.